The van der Waals surface area contributed by atoms with Gasteiger partial charge in [0.1, 0.15) is 12.6 Å². The van der Waals surface area contributed by atoms with Gasteiger partial charge < -0.3 is 20.5 Å². The number of ether oxygens (including phenoxy) is 1. The van der Waals surface area contributed by atoms with Gasteiger partial charge in [-0.1, -0.05) is 61.9 Å². The van der Waals surface area contributed by atoms with Crippen molar-refractivity contribution in [3.63, 3.8) is 0 Å². The molecule has 3 N–H and O–H groups in total. The average Bonchev–Trinajstić information content (AvgIpc) is 3.05. The average molecular weight is 410 g/mol. The van der Waals surface area contributed by atoms with E-state index >= 15 is 0 Å². The van der Waals surface area contributed by atoms with Crippen molar-refractivity contribution < 1.29 is 24.2 Å². The Morgan fingerprint density at radius 1 is 1.03 bits per heavy atom. The number of carbonyl (C=O) groups excluding carboxylic acids is 2. The molecule has 0 saturated carbocycles. The van der Waals surface area contributed by atoms with Crippen molar-refractivity contribution in [3.05, 3.63) is 59.7 Å². The smallest absolute Gasteiger partial charge is 0.407 e. The summed E-state index contributed by atoms with van der Waals surface area (Å²) in [5.74, 6) is -1.46. The first-order valence-corrected chi connectivity index (χ1v) is 10.1. The fourth-order valence-corrected chi connectivity index (χ4v) is 3.76. The summed E-state index contributed by atoms with van der Waals surface area (Å²) in [6, 6.07) is 15.4. The molecule has 1 aliphatic rings. The number of hydrogen-bond acceptors (Lipinski definition) is 4. The number of carbonyl (C=O) groups is 3. The lowest BCUT2D eigenvalue weighted by Crippen LogP contribution is -2.47. The monoisotopic (exact) mass is 410 g/mol. The maximum atomic E-state index is 12.4. The van der Waals surface area contributed by atoms with E-state index in [0.717, 1.165) is 22.3 Å². The van der Waals surface area contributed by atoms with Crippen molar-refractivity contribution in [2.75, 3.05) is 13.2 Å². The van der Waals surface area contributed by atoms with E-state index in [0.29, 0.717) is 12.8 Å². The van der Waals surface area contributed by atoms with Gasteiger partial charge in [0, 0.05) is 12.5 Å². The van der Waals surface area contributed by atoms with Gasteiger partial charge in [0.25, 0.3) is 0 Å². The van der Waals surface area contributed by atoms with Gasteiger partial charge in [-0.25, -0.2) is 4.79 Å². The maximum absolute atomic E-state index is 12.4. The number of carboxylic acid groups (broad SMARTS) is 1. The van der Waals surface area contributed by atoms with Crippen LogP contribution in [0.4, 0.5) is 4.79 Å². The van der Waals surface area contributed by atoms with E-state index in [1.54, 1.807) is 0 Å². The summed E-state index contributed by atoms with van der Waals surface area (Å²) in [5, 5.41) is 13.8. The molecule has 0 radical (unpaired) electrons. The summed E-state index contributed by atoms with van der Waals surface area (Å²) in [6.07, 6.45) is 0.281. The number of amides is 2. The van der Waals surface area contributed by atoms with Crippen molar-refractivity contribution in [2.24, 2.45) is 0 Å². The van der Waals surface area contributed by atoms with Crippen LogP contribution in [0.3, 0.4) is 0 Å². The van der Waals surface area contributed by atoms with Gasteiger partial charge in [0.15, 0.2) is 0 Å². The molecular formula is C23H26N2O5. The summed E-state index contributed by atoms with van der Waals surface area (Å²) >= 11 is 0. The molecule has 0 spiro atoms. The van der Waals surface area contributed by atoms with E-state index < -0.39 is 24.0 Å². The molecule has 2 aromatic carbocycles. The summed E-state index contributed by atoms with van der Waals surface area (Å²) in [6.45, 7) is 2.08. The van der Waals surface area contributed by atoms with Crippen LogP contribution >= 0.6 is 0 Å². The topological polar surface area (TPSA) is 105 Å². The van der Waals surface area contributed by atoms with Crippen molar-refractivity contribution >= 4 is 18.0 Å². The molecule has 1 aliphatic carbocycles. The van der Waals surface area contributed by atoms with Crippen LogP contribution in [-0.2, 0) is 14.3 Å². The molecule has 0 aromatic heterocycles. The standard InChI is InChI=1S/C23H26N2O5/c1-2-7-20(22(28)24-13-12-21(26)27)25-23(29)30-14-19-17-10-5-3-8-15(17)16-9-4-6-11-18(16)19/h3-6,8-11,19-20H,2,7,12-14H2,1H3,(H,24,28)(H,25,29)(H,26,27)/t20-/m1/s1. The van der Waals surface area contributed by atoms with E-state index in [-0.39, 0.29) is 25.5 Å². The van der Waals surface area contributed by atoms with Gasteiger partial charge in [0.05, 0.1) is 6.42 Å². The van der Waals surface area contributed by atoms with Crippen molar-refractivity contribution in [1.82, 2.24) is 10.6 Å². The molecule has 158 valence electrons. The second kappa shape index (κ2) is 9.91. The minimum absolute atomic E-state index is 0.0146. The van der Waals surface area contributed by atoms with Crippen molar-refractivity contribution in [2.45, 2.75) is 38.1 Å². The number of rotatable bonds is 9. The van der Waals surface area contributed by atoms with Gasteiger partial charge in [-0.2, -0.15) is 0 Å². The third-order valence-electron chi connectivity index (χ3n) is 5.17. The molecule has 7 heteroatoms. The first-order valence-electron chi connectivity index (χ1n) is 10.1. The van der Waals surface area contributed by atoms with E-state index in [4.69, 9.17) is 9.84 Å². The summed E-state index contributed by atoms with van der Waals surface area (Å²) in [7, 11) is 0. The van der Waals surface area contributed by atoms with Crippen LogP contribution in [0.25, 0.3) is 11.1 Å². The Labute approximate surface area is 175 Å². The Morgan fingerprint density at radius 3 is 2.20 bits per heavy atom. The lowest BCUT2D eigenvalue weighted by Gasteiger charge is -2.19. The highest BCUT2D eigenvalue weighted by atomic mass is 16.5. The lowest BCUT2D eigenvalue weighted by molar-refractivity contribution is -0.137. The molecule has 30 heavy (non-hydrogen) atoms. The predicted octanol–water partition coefficient (Wildman–Crippen LogP) is 3.28. The number of carboxylic acids is 1. The fourth-order valence-electron chi connectivity index (χ4n) is 3.76. The second-order valence-corrected chi connectivity index (χ2v) is 7.25. The van der Waals surface area contributed by atoms with E-state index in [1.807, 2.05) is 43.3 Å². The number of benzene rings is 2. The normalized spacial score (nSPS) is 13.1. The van der Waals surface area contributed by atoms with E-state index in [1.165, 1.54) is 0 Å². The van der Waals surface area contributed by atoms with Crippen LogP contribution in [0.2, 0.25) is 0 Å². The minimum Gasteiger partial charge on any atom is -0.481 e. The van der Waals surface area contributed by atoms with Gasteiger partial charge >= 0.3 is 12.1 Å². The first kappa shape index (κ1) is 21.4. The number of nitrogens with one attached hydrogen (secondary N) is 2. The molecule has 0 saturated heterocycles. The van der Waals surface area contributed by atoms with Crippen LogP contribution in [0.15, 0.2) is 48.5 Å². The fraction of sp³-hybridized carbons (Fsp3) is 0.348. The summed E-state index contributed by atoms with van der Waals surface area (Å²) < 4.78 is 5.49. The number of hydrogen-bond donors (Lipinski definition) is 3. The molecule has 0 aliphatic heterocycles. The summed E-state index contributed by atoms with van der Waals surface area (Å²) in [5.41, 5.74) is 4.51. The third kappa shape index (κ3) is 4.97. The molecule has 0 heterocycles. The number of alkyl carbamates (subject to hydrolysis) is 1. The van der Waals surface area contributed by atoms with Crippen LogP contribution in [-0.4, -0.2) is 42.3 Å². The van der Waals surface area contributed by atoms with Gasteiger partial charge in [0.2, 0.25) is 5.91 Å². The van der Waals surface area contributed by atoms with Gasteiger partial charge in [-0.05, 0) is 28.7 Å². The molecule has 7 nitrogen and oxygen atoms in total. The van der Waals surface area contributed by atoms with Crippen LogP contribution in [0.1, 0.15) is 43.2 Å². The zero-order valence-corrected chi connectivity index (χ0v) is 16.9. The first-order chi connectivity index (χ1) is 14.5. The van der Waals surface area contributed by atoms with E-state index in [2.05, 4.69) is 22.8 Å². The zero-order chi connectivity index (χ0) is 21.5. The van der Waals surface area contributed by atoms with Gasteiger partial charge in [-0.3, -0.25) is 9.59 Å². The van der Waals surface area contributed by atoms with Gasteiger partial charge in [-0.15, -0.1) is 0 Å². The summed E-state index contributed by atoms with van der Waals surface area (Å²) in [4.78, 5) is 35.3. The quantitative estimate of drug-likeness (QED) is 0.588. The highest BCUT2D eigenvalue weighted by Gasteiger charge is 2.29. The molecule has 0 bridgehead atoms. The third-order valence-corrected chi connectivity index (χ3v) is 5.17. The molecule has 2 amide bonds. The minimum atomic E-state index is -0.994. The van der Waals surface area contributed by atoms with Crippen LogP contribution in [0, 0.1) is 0 Å². The van der Waals surface area contributed by atoms with Crippen LogP contribution < -0.4 is 10.6 Å². The predicted molar refractivity (Wildman–Crippen MR) is 112 cm³/mol. The SMILES string of the molecule is CCC[C@@H](NC(=O)OCC1c2ccccc2-c2ccccc21)C(=O)NCCC(=O)O. The number of fused-ring (bicyclic) bond motifs is 3. The Bertz CT molecular complexity index is 882. The zero-order valence-electron chi connectivity index (χ0n) is 16.9. The Balaban J connectivity index is 1.60. The Kier molecular flexibility index (Phi) is 7.06. The van der Waals surface area contributed by atoms with Crippen molar-refractivity contribution in [1.29, 1.82) is 0 Å². The Hall–Kier alpha value is -3.35. The largest absolute Gasteiger partial charge is 0.481 e. The molecule has 0 unspecified atom stereocenters. The molecule has 0 fully saturated rings. The highest BCUT2D eigenvalue weighted by Crippen LogP contribution is 2.44. The Morgan fingerprint density at radius 2 is 1.63 bits per heavy atom. The molecule has 3 rings (SSSR count). The second-order valence-electron chi connectivity index (χ2n) is 7.25. The van der Waals surface area contributed by atoms with E-state index in [9.17, 15) is 14.4 Å². The molecule has 1 atom stereocenters. The molecular weight excluding hydrogens is 384 g/mol. The highest BCUT2D eigenvalue weighted by molar-refractivity contribution is 5.86. The van der Waals surface area contributed by atoms with Crippen molar-refractivity contribution in [3.8, 4) is 11.1 Å². The number of aliphatic carboxylic acids is 1. The maximum Gasteiger partial charge on any atom is 0.407 e. The lowest BCUT2D eigenvalue weighted by atomic mass is 9.98. The van der Waals surface area contributed by atoms with Crippen LogP contribution in [0.5, 0.6) is 0 Å². The molecule has 2 aromatic rings.